The van der Waals surface area contributed by atoms with Gasteiger partial charge in [-0.2, -0.15) is 0 Å². The van der Waals surface area contributed by atoms with Crippen LogP contribution in [-0.4, -0.2) is 69.4 Å². The van der Waals surface area contributed by atoms with E-state index in [0.717, 1.165) is 19.6 Å². The van der Waals surface area contributed by atoms with Gasteiger partial charge in [0.1, 0.15) is 5.75 Å². The van der Waals surface area contributed by atoms with Crippen LogP contribution in [0.5, 0.6) is 5.75 Å². The Hall–Kier alpha value is -2.12. The number of esters is 1. The zero-order chi connectivity index (χ0) is 18.9. The summed E-state index contributed by atoms with van der Waals surface area (Å²) < 4.78 is 15.8. The number of hydrogen-bond acceptors (Lipinski definition) is 6. The Kier molecular flexibility index (Phi) is 7.87. The highest BCUT2D eigenvalue weighted by atomic mass is 16.5. The predicted octanol–water partition coefficient (Wildman–Crippen LogP) is 1.32. The van der Waals surface area contributed by atoms with Gasteiger partial charge in [-0.15, -0.1) is 0 Å². The number of carbonyl (C=O) groups is 2. The van der Waals surface area contributed by atoms with Crippen molar-refractivity contribution in [2.24, 2.45) is 5.92 Å². The Bertz CT molecular complexity index is 588. The van der Waals surface area contributed by atoms with Crippen LogP contribution in [0.25, 0.3) is 0 Å². The fourth-order valence-corrected chi connectivity index (χ4v) is 2.82. The third-order valence-corrected chi connectivity index (χ3v) is 4.02. The Morgan fingerprint density at radius 1 is 1.31 bits per heavy atom. The van der Waals surface area contributed by atoms with E-state index in [1.807, 2.05) is 0 Å². The summed E-state index contributed by atoms with van der Waals surface area (Å²) in [7, 11) is 1.33. The maximum Gasteiger partial charge on any atom is 0.337 e. The zero-order valence-electron chi connectivity index (χ0n) is 15.7. The van der Waals surface area contributed by atoms with Crippen molar-refractivity contribution < 1.29 is 23.8 Å². The van der Waals surface area contributed by atoms with Gasteiger partial charge in [0.25, 0.3) is 5.91 Å². The molecular formula is C19H28N2O5. The Balaban J connectivity index is 1.69. The van der Waals surface area contributed by atoms with Crippen molar-refractivity contribution in [3.63, 3.8) is 0 Å². The molecule has 144 valence electrons. The highest BCUT2D eigenvalue weighted by molar-refractivity contribution is 5.89. The smallest absolute Gasteiger partial charge is 0.337 e. The van der Waals surface area contributed by atoms with E-state index in [1.54, 1.807) is 24.3 Å². The van der Waals surface area contributed by atoms with Gasteiger partial charge in [-0.1, -0.05) is 13.8 Å². The SMILES string of the molecule is COC(=O)c1ccc(OCC(=O)NCC2CN(CC(C)C)CCO2)cc1. The number of amides is 1. The summed E-state index contributed by atoms with van der Waals surface area (Å²) in [6.45, 7) is 8.27. The molecule has 1 unspecified atom stereocenters. The molecule has 1 aromatic carbocycles. The van der Waals surface area contributed by atoms with Crippen molar-refractivity contribution in [3.8, 4) is 5.75 Å². The number of benzene rings is 1. The summed E-state index contributed by atoms with van der Waals surface area (Å²) in [5.74, 6) is 0.520. The lowest BCUT2D eigenvalue weighted by molar-refractivity contribution is -0.124. The number of carbonyl (C=O) groups excluding carboxylic acids is 2. The molecule has 26 heavy (non-hydrogen) atoms. The summed E-state index contributed by atoms with van der Waals surface area (Å²) in [5.41, 5.74) is 0.435. The normalized spacial score (nSPS) is 17.8. The van der Waals surface area contributed by atoms with Crippen molar-refractivity contribution in [2.45, 2.75) is 20.0 Å². The molecule has 0 spiro atoms. The van der Waals surface area contributed by atoms with Gasteiger partial charge >= 0.3 is 5.97 Å². The zero-order valence-corrected chi connectivity index (χ0v) is 15.7. The van der Waals surface area contributed by atoms with Crippen LogP contribution >= 0.6 is 0 Å². The molecular weight excluding hydrogens is 336 g/mol. The van der Waals surface area contributed by atoms with E-state index in [-0.39, 0.29) is 18.6 Å². The topological polar surface area (TPSA) is 77.1 Å². The lowest BCUT2D eigenvalue weighted by Crippen LogP contribution is -2.48. The molecule has 1 aromatic rings. The molecule has 1 amide bonds. The summed E-state index contributed by atoms with van der Waals surface area (Å²) in [4.78, 5) is 25.7. The van der Waals surface area contributed by atoms with Crippen molar-refractivity contribution in [1.82, 2.24) is 10.2 Å². The average molecular weight is 364 g/mol. The Morgan fingerprint density at radius 2 is 2.04 bits per heavy atom. The lowest BCUT2D eigenvalue weighted by atomic mass is 10.2. The summed E-state index contributed by atoms with van der Waals surface area (Å²) in [5, 5.41) is 2.85. The van der Waals surface area contributed by atoms with E-state index in [1.165, 1.54) is 7.11 Å². The number of hydrogen-bond donors (Lipinski definition) is 1. The Labute approximate surface area is 154 Å². The highest BCUT2D eigenvalue weighted by Gasteiger charge is 2.21. The fourth-order valence-electron chi connectivity index (χ4n) is 2.82. The van der Waals surface area contributed by atoms with Gasteiger partial charge in [0, 0.05) is 26.2 Å². The first-order valence-corrected chi connectivity index (χ1v) is 8.89. The van der Waals surface area contributed by atoms with E-state index in [4.69, 9.17) is 9.47 Å². The van der Waals surface area contributed by atoms with E-state index in [2.05, 4.69) is 28.8 Å². The van der Waals surface area contributed by atoms with Crippen molar-refractivity contribution >= 4 is 11.9 Å². The maximum atomic E-state index is 12.0. The predicted molar refractivity (Wildman–Crippen MR) is 97.3 cm³/mol. The second-order valence-electron chi connectivity index (χ2n) is 6.75. The third kappa shape index (κ3) is 6.65. The van der Waals surface area contributed by atoms with Crippen LogP contribution in [0.3, 0.4) is 0 Å². The van der Waals surface area contributed by atoms with Gasteiger partial charge in [-0.3, -0.25) is 9.69 Å². The fraction of sp³-hybridized carbons (Fsp3) is 0.579. The molecule has 7 nitrogen and oxygen atoms in total. The molecule has 2 rings (SSSR count). The lowest BCUT2D eigenvalue weighted by Gasteiger charge is -2.33. The molecule has 7 heteroatoms. The molecule has 1 fully saturated rings. The van der Waals surface area contributed by atoms with Gasteiger partial charge in [0.15, 0.2) is 6.61 Å². The molecule has 0 aliphatic carbocycles. The van der Waals surface area contributed by atoms with Crippen molar-refractivity contribution in [1.29, 1.82) is 0 Å². The summed E-state index contributed by atoms with van der Waals surface area (Å²) in [6.07, 6.45) is 0.00536. The van der Waals surface area contributed by atoms with Crippen LogP contribution < -0.4 is 10.1 Å². The minimum absolute atomic E-state index is 0.00536. The average Bonchev–Trinajstić information content (AvgIpc) is 2.64. The van der Waals surface area contributed by atoms with Crippen molar-refractivity contribution in [3.05, 3.63) is 29.8 Å². The number of morpholine rings is 1. The number of nitrogens with zero attached hydrogens (tertiary/aromatic N) is 1. The molecule has 1 saturated heterocycles. The number of ether oxygens (including phenoxy) is 3. The molecule has 1 heterocycles. The first kappa shape index (κ1) is 20.2. The van der Waals surface area contributed by atoms with Gasteiger partial charge in [-0.05, 0) is 30.2 Å². The largest absolute Gasteiger partial charge is 0.484 e. The number of nitrogens with one attached hydrogen (secondary N) is 1. The Morgan fingerprint density at radius 3 is 2.69 bits per heavy atom. The van der Waals surface area contributed by atoms with E-state index < -0.39 is 5.97 Å². The van der Waals surface area contributed by atoms with Crippen LogP contribution in [0.2, 0.25) is 0 Å². The van der Waals surface area contributed by atoms with Gasteiger partial charge < -0.3 is 19.5 Å². The second kappa shape index (κ2) is 10.1. The molecule has 1 atom stereocenters. The van der Waals surface area contributed by atoms with Gasteiger partial charge in [0.05, 0.1) is 25.4 Å². The third-order valence-electron chi connectivity index (χ3n) is 4.02. The highest BCUT2D eigenvalue weighted by Crippen LogP contribution is 2.13. The number of rotatable bonds is 8. The molecule has 0 bridgehead atoms. The van der Waals surface area contributed by atoms with Crippen molar-refractivity contribution in [2.75, 3.05) is 46.5 Å². The van der Waals surface area contributed by atoms with E-state index in [9.17, 15) is 9.59 Å². The van der Waals surface area contributed by atoms with Crippen LogP contribution in [0.4, 0.5) is 0 Å². The number of methoxy groups -OCH3 is 1. The monoisotopic (exact) mass is 364 g/mol. The summed E-state index contributed by atoms with van der Waals surface area (Å²) >= 11 is 0. The molecule has 0 saturated carbocycles. The molecule has 0 radical (unpaired) electrons. The van der Waals surface area contributed by atoms with Crippen LogP contribution in [0.15, 0.2) is 24.3 Å². The molecule has 1 aliphatic rings. The second-order valence-corrected chi connectivity index (χ2v) is 6.75. The maximum absolute atomic E-state index is 12.0. The quantitative estimate of drug-likeness (QED) is 0.701. The van der Waals surface area contributed by atoms with E-state index >= 15 is 0 Å². The summed E-state index contributed by atoms with van der Waals surface area (Å²) in [6, 6.07) is 6.46. The van der Waals surface area contributed by atoms with Crippen LogP contribution in [0, 0.1) is 5.92 Å². The standard InChI is InChI=1S/C19H28N2O5/c1-14(2)11-21-8-9-25-17(12-21)10-20-18(22)13-26-16-6-4-15(5-7-16)19(23)24-3/h4-7,14,17H,8-13H2,1-3H3,(H,20,22). The molecule has 1 N–H and O–H groups in total. The van der Waals surface area contributed by atoms with E-state index in [0.29, 0.717) is 30.4 Å². The minimum atomic E-state index is -0.409. The molecule has 0 aromatic heterocycles. The van der Waals surface area contributed by atoms with Gasteiger partial charge in [0.2, 0.25) is 0 Å². The van der Waals surface area contributed by atoms with Crippen LogP contribution in [-0.2, 0) is 14.3 Å². The first-order chi connectivity index (χ1) is 12.5. The first-order valence-electron chi connectivity index (χ1n) is 8.89. The van der Waals surface area contributed by atoms with Crippen LogP contribution in [0.1, 0.15) is 24.2 Å². The molecule has 1 aliphatic heterocycles. The van der Waals surface area contributed by atoms with Gasteiger partial charge in [-0.25, -0.2) is 4.79 Å². The minimum Gasteiger partial charge on any atom is -0.484 e.